The van der Waals surface area contributed by atoms with Crippen molar-refractivity contribution in [1.29, 1.82) is 0 Å². The molecular formula is C23H29N3O2S. The van der Waals surface area contributed by atoms with Gasteiger partial charge in [-0.25, -0.2) is 0 Å². The van der Waals surface area contributed by atoms with Crippen molar-refractivity contribution in [3.8, 4) is 0 Å². The summed E-state index contributed by atoms with van der Waals surface area (Å²) in [7, 11) is 0. The molecule has 0 radical (unpaired) electrons. The standard InChI is InChI=1S/C23H29N3O2S/c1-2-17-7-3-5-9-19(17)24-22(27)16-25-11-13-26(14-12-25)23(28)21-15-18-8-4-6-10-20(18)29-21/h3,5,7,9,15H,2,4,6,8,10-14,16H2,1H3,(H,24,27). The van der Waals surface area contributed by atoms with Crippen LogP contribution in [0.3, 0.4) is 0 Å². The Bertz CT molecular complexity index is 860. The second kappa shape index (κ2) is 9.09. The average molecular weight is 412 g/mol. The van der Waals surface area contributed by atoms with Gasteiger partial charge in [0.2, 0.25) is 5.91 Å². The molecule has 1 saturated heterocycles. The third-order valence-corrected chi connectivity index (χ3v) is 7.13. The molecule has 0 unspecified atom stereocenters. The highest BCUT2D eigenvalue weighted by Crippen LogP contribution is 2.30. The number of aryl methyl sites for hydroxylation is 3. The Morgan fingerprint density at radius 3 is 2.59 bits per heavy atom. The zero-order valence-corrected chi connectivity index (χ0v) is 17.9. The van der Waals surface area contributed by atoms with E-state index in [2.05, 4.69) is 23.2 Å². The van der Waals surface area contributed by atoms with E-state index in [9.17, 15) is 9.59 Å². The summed E-state index contributed by atoms with van der Waals surface area (Å²) in [6.07, 6.45) is 5.61. The fraction of sp³-hybridized carbons (Fsp3) is 0.478. The molecule has 6 heteroatoms. The van der Waals surface area contributed by atoms with Crippen molar-refractivity contribution < 1.29 is 9.59 Å². The van der Waals surface area contributed by atoms with Gasteiger partial charge in [0.05, 0.1) is 11.4 Å². The van der Waals surface area contributed by atoms with Gasteiger partial charge in [-0.05, 0) is 55.4 Å². The van der Waals surface area contributed by atoms with Crippen LogP contribution >= 0.6 is 11.3 Å². The van der Waals surface area contributed by atoms with E-state index in [1.165, 1.54) is 23.3 Å². The van der Waals surface area contributed by atoms with Crippen LogP contribution in [0.1, 0.15) is 45.4 Å². The SMILES string of the molecule is CCc1ccccc1NC(=O)CN1CCN(C(=O)c2cc3c(s2)CCCC3)CC1. The highest BCUT2D eigenvalue weighted by atomic mass is 32.1. The minimum absolute atomic E-state index is 0.0107. The van der Waals surface area contributed by atoms with Crippen molar-refractivity contribution in [2.45, 2.75) is 39.0 Å². The fourth-order valence-electron chi connectivity index (χ4n) is 4.20. The first-order valence-electron chi connectivity index (χ1n) is 10.6. The van der Waals surface area contributed by atoms with Crippen molar-refractivity contribution in [2.24, 2.45) is 0 Å². The van der Waals surface area contributed by atoms with Crippen LogP contribution < -0.4 is 5.32 Å². The Morgan fingerprint density at radius 2 is 1.83 bits per heavy atom. The second-order valence-electron chi connectivity index (χ2n) is 7.89. The summed E-state index contributed by atoms with van der Waals surface area (Å²) in [6, 6.07) is 10.1. The summed E-state index contributed by atoms with van der Waals surface area (Å²) in [5.74, 6) is 0.169. The van der Waals surface area contributed by atoms with Crippen molar-refractivity contribution in [1.82, 2.24) is 9.80 Å². The van der Waals surface area contributed by atoms with Crippen LogP contribution in [0.25, 0.3) is 0 Å². The topological polar surface area (TPSA) is 52.7 Å². The van der Waals surface area contributed by atoms with Crippen LogP contribution in [0.4, 0.5) is 5.69 Å². The quantitative estimate of drug-likeness (QED) is 0.818. The van der Waals surface area contributed by atoms with Crippen LogP contribution in [-0.2, 0) is 24.1 Å². The molecule has 0 spiro atoms. The number of benzene rings is 1. The van der Waals surface area contributed by atoms with Gasteiger partial charge in [0, 0.05) is 36.7 Å². The maximum absolute atomic E-state index is 12.9. The Kier molecular flexibility index (Phi) is 6.31. The number of fused-ring (bicyclic) bond motifs is 1. The monoisotopic (exact) mass is 411 g/mol. The number of thiophene rings is 1. The van der Waals surface area contributed by atoms with Gasteiger partial charge >= 0.3 is 0 Å². The molecule has 4 rings (SSSR count). The molecule has 1 aliphatic heterocycles. The van der Waals surface area contributed by atoms with E-state index in [1.54, 1.807) is 11.3 Å². The average Bonchev–Trinajstić information content (AvgIpc) is 3.18. The number of hydrogen-bond donors (Lipinski definition) is 1. The fourth-order valence-corrected chi connectivity index (χ4v) is 5.43. The highest BCUT2D eigenvalue weighted by molar-refractivity contribution is 7.14. The lowest BCUT2D eigenvalue weighted by Crippen LogP contribution is -2.50. The van der Waals surface area contributed by atoms with Gasteiger partial charge < -0.3 is 10.2 Å². The molecule has 5 nitrogen and oxygen atoms in total. The van der Waals surface area contributed by atoms with E-state index in [0.29, 0.717) is 19.6 Å². The van der Waals surface area contributed by atoms with E-state index < -0.39 is 0 Å². The van der Waals surface area contributed by atoms with Gasteiger partial charge in [0.25, 0.3) is 5.91 Å². The van der Waals surface area contributed by atoms with Gasteiger partial charge in [0.15, 0.2) is 0 Å². The van der Waals surface area contributed by atoms with Crippen molar-refractivity contribution in [3.05, 3.63) is 51.2 Å². The predicted molar refractivity (Wildman–Crippen MR) is 118 cm³/mol. The number of rotatable bonds is 5. The smallest absolute Gasteiger partial charge is 0.264 e. The zero-order valence-electron chi connectivity index (χ0n) is 17.1. The first-order valence-corrected chi connectivity index (χ1v) is 11.5. The highest BCUT2D eigenvalue weighted by Gasteiger charge is 2.26. The number of nitrogens with zero attached hydrogens (tertiary/aromatic N) is 2. The van der Waals surface area contributed by atoms with Crippen molar-refractivity contribution in [2.75, 3.05) is 38.0 Å². The number of carbonyl (C=O) groups is 2. The molecule has 2 heterocycles. The molecule has 1 N–H and O–H groups in total. The van der Waals surface area contributed by atoms with Crippen LogP contribution in [0.5, 0.6) is 0 Å². The molecule has 1 aromatic carbocycles. The maximum atomic E-state index is 12.9. The maximum Gasteiger partial charge on any atom is 0.264 e. The summed E-state index contributed by atoms with van der Waals surface area (Å²) in [6.45, 7) is 5.29. The van der Waals surface area contributed by atoms with Crippen LogP contribution in [-0.4, -0.2) is 54.3 Å². The van der Waals surface area contributed by atoms with Crippen LogP contribution in [0.15, 0.2) is 30.3 Å². The van der Waals surface area contributed by atoms with E-state index in [-0.39, 0.29) is 11.8 Å². The van der Waals surface area contributed by atoms with E-state index in [0.717, 1.165) is 48.5 Å². The molecule has 154 valence electrons. The summed E-state index contributed by atoms with van der Waals surface area (Å²) in [4.78, 5) is 31.7. The van der Waals surface area contributed by atoms with Gasteiger partial charge in [-0.1, -0.05) is 25.1 Å². The predicted octanol–water partition coefficient (Wildman–Crippen LogP) is 3.59. The molecule has 1 aromatic heterocycles. The molecule has 29 heavy (non-hydrogen) atoms. The molecule has 0 atom stereocenters. The summed E-state index contributed by atoms with van der Waals surface area (Å²) >= 11 is 1.68. The summed E-state index contributed by atoms with van der Waals surface area (Å²) in [5, 5.41) is 3.04. The van der Waals surface area contributed by atoms with Crippen molar-refractivity contribution >= 4 is 28.8 Å². The van der Waals surface area contributed by atoms with Gasteiger partial charge in [0.1, 0.15) is 0 Å². The van der Waals surface area contributed by atoms with Gasteiger partial charge in [-0.3, -0.25) is 14.5 Å². The van der Waals surface area contributed by atoms with Crippen molar-refractivity contribution in [3.63, 3.8) is 0 Å². The first-order chi connectivity index (χ1) is 14.1. The minimum Gasteiger partial charge on any atom is -0.335 e. The molecule has 2 aliphatic rings. The number of hydrogen-bond acceptors (Lipinski definition) is 4. The first kappa shape index (κ1) is 20.1. The summed E-state index contributed by atoms with van der Waals surface area (Å²) in [5.41, 5.74) is 3.43. The van der Waals surface area contributed by atoms with Crippen LogP contribution in [0.2, 0.25) is 0 Å². The number of amides is 2. The lowest BCUT2D eigenvalue weighted by molar-refractivity contribution is -0.117. The summed E-state index contributed by atoms with van der Waals surface area (Å²) < 4.78 is 0. The Hall–Kier alpha value is -2.18. The van der Waals surface area contributed by atoms with Gasteiger partial charge in [-0.15, -0.1) is 11.3 Å². The number of anilines is 1. The number of nitrogens with one attached hydrogen (secondary N) is 1. The van der Waals surface area contributed by atoms with Gasteiger partial charge in [-0.2, -0.15) is 0 Å². The third-order valence-electron chi connectivity index (χ3n) is 5.91. The molecule has 1 fully saturated rings. The number of para-hydroxylation sites is 1. The molecule has 2 amide bonds. The lowest BCUT2D eigenvalue weighted by Gasteiger charge is -2.34. The lowest BCUT2D eigenvalue weighted by atomic mass is 9.99. The Morgan fingerprint density at radius 1 is 1.07 bits per heavy atom. The largest absolute Gasteiger partial charge is 0.335 e. The Balaban J connectivity index is 1.28. The molecular weight excluding hydrogens is 382 g/mol. The molecule has 0 saturated carbocycles. The molecule has 2 aromatic rings. The normalized spacial score (nSPS) is 17.1. The third kappa shape index (κ3) is 4.70. The van der Waals surface area contributed by atoms with E-state index >= 15 is 0 Å². The second-order valence-corrected chi connectivity index (χ2v) is 9.03. The minimum atomic E-state index is 0.0107. The zero-order chi connectivity index (χ0) is 20.2. The Labute approximate surface area is 176 Å². The van der Waals surface area contributed by atoms with E-state index in [4.69, 9.17) is 0 Å². The van der Waals surface area contributed by atoms with Crippen LogP contribution in [0, 0.1) is 0 Å². The molecule has 1 aliphatic carbocycles. The van der Waals surface area contributed by atoms with E-state index in [1.807, 2.05) is 29.2 Å². The number of carbonyl (C=O) groups excluding carboxylic acids is 2. The number of piperazine rings is 1. The molecule has 0 bridgehead atoms.